The molecule has 4 atom stereocenters. The van der Waals surface area contributed by atoms with Crippen molar-refractivity contribution in [1.29, 1.82) is 0 Å². The van der Waals surface area contributed by atoms with Crippen molar-refractivity contribution in [3.63, 3.8) is 0 Å². The van der Waals surface area contributed by atoms with E-state index in [2.05, 4.69) is 0 Å². The number of hydrogen-bond donors (Lipinski definition) is 1. The van der Waals surface area contributed by atoms with E-state index in [4.69, 9.17) is 14.2 Å². The molecule has 4 unspecified atom stereocenters. The lowest BCUT2D eigenvalue weighted by molar-refractivity contribution is -0.152. The number of morpholine rings is 1. The second kappa shape index (κ2) is 10.6. The first-order valence-corrected chi connectivity index (χ1v) is 13.2. The summed E-state index contributed by atoms with van der Waals surface area (Å²) in [5.74, 6) is -0.0745. The zero-order valence-corrected chi connectivity index (χ0v) is 21.4. The monoisotopic (exact) mass is 479 g/mol. The van der Waals surface area contributed by atoms with Gasteiger partial charge in [0.2, 0.25) is 5.91 Å². The van der Waals surface area contributed by atoms with Crippen LogP contribution in [0.5, 0.6) is 5.75 Å². The highest BCUT2D eigenvalue weighted by Crippen LogP contribution is 2.52. The number of para-hydroxylation sites is 1. The molecule has 2 heterocycles. The second-order valence-electron chi connectivity index (χ2n) is 9.54. The summed E-state index contributed by atoms with van der Waals surface area (Å²) in [6, 6.07) is 7.62. The average molecular weight is 480 g/mol. The summed E-state index contributed by atoms with van der Waals surface area (Å²) >= 11 is 0. The first-order valence-electron chi connectivity index (χ1n) is 11.6. The molecular weight excluding hydrogens is 442 g/mol. The number of carbonyl (C=O) groups is 3. The molecule has 0 saturated carbocycles. The van der Waals surface area contributed by atoms with Crippen LogP contribution in [0.25, 0.3) is 0 Å². The van der Waals surface area contributed by atoms with E-state index in [0.29, 0.717) is 37.8 Å². The minimum absolute atomic E-state index is 0.0613. The van der Waals surface area contributed by atoms with E-state index in [1.165, 1.54) is 0 Å². The summed E-state index contributed by atoms with van der Waals surface area (Å²) in [6.45, 7) is 11.1. The van der Waals surface area contributed by atoms with Gasteiger partial charge in [-0.05, 0) is 40.7 Å². The fourth-order valence-electron chi connectivity index (χ4n) is 4.74. The second-order valence-corrected chi connectivity index (χ2v) is 12.1. The largest absolute Gasteiger partial charge is 0.496 e. The molecule has 1 aromatic carbocycles. The number of thiol groups is 1. The van der Waals surface area contributed by atoms with Crippen LogP contribution in [0.1, 0.15) is 46.3 Å². The van der Waals surface area contributed by atoms with Crippen molar-refractivity contribution >= 4 is 27.7 Å². The normalized spacial score (nSPS) is 26.0. The Balaban J connectivity index is 1.86. The number of nitrogens with zero attached hydrogens (tertiary/aromatic N) is 1. The van der Waals surface area contributed by atoms with Crippen LogP contribution >= 0.6 is 10.9 Å². The molecule has 2 aliphatic heterocycles. The highest BCUT2D eigenvalue weighted by molar-refractivity contribution is 8.31. The average Bonchev–Trinajstić information content (AvgIpc) is 3.01. The van der Waals surface area contributed by atoms with Crippen molar-refractivity contribution in [2.24, 2.45) is 11.3 Å². The number of hydrogen-bond acceptors (Lipinski definition) is 6. The van der Waals surface area contributed by atoms with E-state index in [0.717, 1.165) is 5.56 Å². The molecule has 7 nitrogen and oxygen atoms in total. The van der Waals surface area contributed by atoms with Gasteiger partial charge in [0.1, 0.15) is 5.75 Å². The smallest absolute Gasteiger partial charge is 0.229 e. The van der Waals surface area contributed by atoms with Crippen molar-refractivity contribution < 1.29 is 28.6 Å². The van der Waals surface area contributed by atoms with Gasteiger partial charge in [-0.25, -0.2) is 0 Å². The van der Waals surface area contributed by atoms with Gasteiger partial charge >= 0.3 is 0 Å². The molecule has 184 valence electrons. The van der Waals surface area contributed by atoms with Crippen LogP contribution in [0, 0.1) is 11.3 Å². The number of ether oxygens (including phenoxy) is 3. The minimum atomic E-state index is -1.33. The van der Waals surface area contributed by atoms with Gasteiger partial charge in [0.25, 0.3) is 0 Å². The molecule has 3 rings (SSSR count). The zero-order chi connectivity index (χ0) is 24.3. The van der Waals surface area contributed by atoms with Gasteiger partial charge in [0.15, 0.2) is 10.9 Å². The molecular formula is C25H37NO6S. The van der Waals surface area contributed by atoms with E-state index in [1.807, 2.05) is 45.0 Å². The van der Waals surface area contributed by atoms with Crippen LogP contribution in [0.4, 0.5) is 0 Å². The molecule has 0 aromatic heterocycles. The van der Waals surface area contributed by atoms with Crippen LogP contribution < -0.4 is 4.74 Å². The van der Waals surface area contributed by atoms with Crippen molar-refractivity contribution in [1.82, 2.24) is 4.90 Å². The van der Waals surface area contributed by atoms with Gasteiger partial charge in [-0.2, -0.15) is 10.9 Å². The first kappa shape index (κ1) is 25.7. The molecule has 0 bridgehead atoms. The Bertz CT molecular complexity index is 879. The third kappa shape index (κ3) is 5.28. The van der Waals surface area contributed by atoms with Crippen molar-refractivity contribution in [3.8, 4) is 5.75 Å². The lowest BCUT2D eigenvalue weighted by atomic mass is 9.75. The highest BCUT2D eigenvalue weighted by Gasteiger charge is 2.55. The predicted molar refractivity (Wildman–Crippen MR) is 130 cm³/mol. The summed E-state index contributed by atoms with van der Waals surface area (Å²) in [6.07, 6.45) is -0.433. The molecule has 8 heteroatoms. The Labute approximate surface area is 199 Å². The molecule has 0 radical (unpaired) electrons. The van der Waals surface area contributed by atoms with Crippen LogP contribution in [-0.2, 0) is 23.9 Å². The van der Waals surface area contributed by atoms with Crippen LogP contribution in [0.2, 0.25) is 0 Å². The van der Waals surface area contributed by atoms with Crippen LogP contribution in [0.3, 0.4) is 0 Å². The van der Waals surface area contributed by atoms with Crippen LogP contribution in [-0.4, -0.2) is 72.2 Å². The third-order valence-corrected chi connectivity index (χ3v) is 9.29. The predicted octanol–water partition coefficient (Wildman–Crippen LogP) is 3.16. The highest BCUT2D eigenvalue weighted by atomic mass is 32.2. The Morgan fingerprint density at radius 1 is 1.21 bits per heavy atom. The van der Waals surface area contributed by atoms with Gasteiger partial charge in [-0.1, -0.05) is 18.2 Å². The van der Waals surface area contributed by atoms with Gasteiger partial charge in [-0.15, -0.1) is 0 Å². The molecule has 0 N–H and O–H groups in total. The topological polar surface area (TPSA) is 82.1 Å². The van der Waals surface area contributed by atoms with Crippen LogP contribution in [0.15, 0.2) is 24.3 Å². The number of ketones is 1. The Hall–Kier alpha value is -1.90. The van der Waals surface area contributed by atoms with Gasteiger partial charge < -0.3 is 19.1 Å². The van der Waals surface area contributed by atoms with Crippen molar-refractivity contribution in [2.45, 2.75) is 52.1 Å². The Morgan fingerprint density at radius 3 is 2.45 bits per heavy atom. The first-order chi connectivity index (χ1) is 15.6. The SMILES string of the molecule is COc1ccccc1C(C[SH]1C(=O)C(C(C)(C)C(=O)N2CCOCC2)C(=O)C1C)OC(C)C. The fraction of sp³-hybridized carbons (Fsp3) is 0.640. The van der Waals surface area contributed by atoms with Gasteiger partial charge in [-0.3, -0.25) is 14.4 Å². The lowest BCUT2D eigenvalue weighted by Crippen LogP contribution is -2.51. The standard InChI is InChI=1S/C25H37NO6S/c1-16(2)32-20(18-9-7-8-10-19(18)30-6)15-33-17(3)22(27)21(23(33)28)25(4,5)24(29)26-11-13-31-14-12-26/h7-10,16-17,20-21,33H,11-15H2,1-6H3. The maximum atomic E-state index is 13.7. The fourth-order valence-corrected chi connectivity index (χ4v) is 7.49. The third-order valence-electron chi connectivity index (χ3n) is 6.55. The van der Waals surface area contributed by atoms with Gasteiger partial charge in [0, 0.05) is 29.7 Å². The van der Waals surface area contributed by atoms with Crippen molar-refractivity contribution in [3.05, 3.63) is 29.8 Å². The maximum Gasteiger partial charge on any atom is 0.229 e. The minimum Gasteiger partial charge on any atom is -0.496 e. The summed E-state index contributed by atoms with van der Waals surface area (Å²) in [5, 5.41) is -0.511. The van der Waals surface area contributed by atoms with E-state index in [1.54, 1.807) is 25.9 Å². The van der Waals surface area contributed by atoms with E-state index in [-0.39, 0.29) is 29.0 Å². The summed E-state index contributed by atoms with van der Waals surface area (Å²) < 4.78 is 17.1. The molecule has 2 fully saturated rings. The molecule has 1 amide bonds. The zero-order valence-electron chi connectivity index (χ0n) is 20.5. The van der Waals surface area contributed by atoms with E-state index >= 15 is 0 Å². The Morgan fingerprint density at radius 2 is 1.85 bits per heavy atom. The van der Waals surface area contributed by atoms with E-state index in [9.17, 15) is 14.4 Å². The summed E-state index contributed by atoms with van der Waals surface area (Å²) in [7, 11) is 0.282. The molecule has 2 aliphatic rings. The number of amides is 1. The number of rotatable bonds is 8. The number of benzene rings is 1. The van der Waals surface area contributed by atoms with E-state index < -0.39 is 27.5 Å². The molecule has 0 spiro atoms. The lowest BCUT2D eigenvalue weighted by Gasteiger charge is -2.36. The van der Waals surface area contributed by atoms with Gasteiger partial charge in [0.05, 0.1) is 43.9 Å². The molecule has 1 aromatic rings. The summed E-state index contributed by atoms with van der Waals surface area (Å²) in [5.41, 5.74) is -0.217. The molecule has 0 aliphatic carbocycles. The van der Waals surface area contributed by atoms with Crippen molar-refractivity contribution in [2.75, 3.05) is 39.2 Å². The quantitative estimate of drug-likeness (QED) is 0.456. The number of methoxy groups -OCH3 is 1. The number of carbonyl (C=O) groups excluding carboxylic acids is 3. The molecule has 2 saturated heterocycles. The maximum absolute atomic E-state index is 13.7. The Kier molecular flexibility index (Phi) is 8.24. The summed E-state index contributed by atoms with van der Waals surface area (Å²) in [4.78, 5) is 42.1. The molecule has 33 heavy (non-hydrogen) atoms. The number of Topliss-reactive ketones (excluding diaryl/α,β-unsaturated/α-hetero) is 1.